The van der Waals surface area contributed by atoms with Gasteiger partial charge in [0, 0.05) is 21.9 Å². The second-order valence-corrected chi connectivity index (χ2v) is 6.81. The van der Waals surface area contributed by atoms with Crippen LogP contribution in [0.1, 0.15) is 6.92 Å². The van der Waals surface area contributed by atoms with E-state index in [2.05, 4.69) is 15.2 Å². The van der Waals surface area contributed by atoms with E-state index >= 15 is 0 Å². The van der Waals surface area contributed by atoms with Crippen molar-refractivity contribution in [2.24, 2.45) is 0 Å². The molecule has 21 heavy (non-hydrogen) atoms. The summed E-state index contributed by atoms with van der Waals surface area (Å²) < 4.78 is 0. The Labute approximate surface area is 134 Å². The molecule has 0 spiro atoms. The smallest absolute Gasteiger partial charge is 0.210 e. The van der Waals surface area contributed by atoms with Gasteiger partial charge in [0.2, 0.25) is 5.16 Å². The van der Waals surface area contributed by atoms with Gasteiger partial charge < -0.3 is 0 Å². The van der Waals surface area contributed by atoms with E-state index < -0.39 is 0 Å². The average Bonchev–Trinajstić information content (AvgIpc) is 3.17. The van der Waals surface area contributed by atoms with Gasteiger partial charge in [0.1, 0.15) is 17.2 Å². The van der Waals surface area contributed by atoms with E-state index in [9.17, 15) is 4.79 Å². The lowest BCUT2D eigenvalue weighted by molar-refractivity contribution is -0.114. The molecule has 3 aromatic heterocycles. The van der Waals surface area contributed by atoms with Gasteiger partial charge in [-0.3, -0.25) is 4.79 Å². The van der Waals surface area contributed by atoms with E-state index in [-0.39, 0.29) is 5.78 Å². The minimum atomic E-state index is 0.0996. The van der Waals surface area contributed by atoms with Crippen LogP contribution >= 0.6 is 34.4 Å². The van der Waals surface area contributed by atoms with Crippen molar-refractivity contribution in [2.75, 3.05) is 5.75 Å². The molecule has 3 aromatic rings. The maximum Gasteiger partial charge on any atom is 0.210 e. The van der Waals surface area contributed by atoms with Crippen molar-refractivity contribution in [3.63, 3.8) is 0 Å². The first-order valence-electron chi connectivity index (χ1n) is 6.16. The Kier molecular flexibility index (Phi) is 4.42. The highest BCUT2D eigenvalue weighted by molar-refractivity contribution is 7.99. The predicted octanol–water partition coefficient (Wildman–Crippen LogP) is 4.01. The molecule has 4 nitrogen and oxygen atoms in total. The zero-order valence-corrected chi connectivity index (χ0v) is 13.6. The molecule has 7 heteroatoms. The molecular weight excluding hydrogens is 322 g/mol. The van der Waals surface area contributed by atoms with Crippen molar-refractivity contribution in [1.29, 1.82) is 0 Å². The summed E-state index contributed by atoms with van der Waals surface area (Å²) >= 11 is 4.55. The van der Waals surface area contributed by atoms with Gasteiger partial charge in [0.25, 0.3) is 0 Å². The summed E-state index contributed by atoms with van der Waals surface area (Å²) in [5.74, 6) is 0.463. The van der Waals surface area contributed by atoms with Crippen LogP contribution in [0.4, 0.5) is 0 Å². The minimum Gasteiger partial charge on any atom is -0.299 e. The van der Waals surface area contributed by atoms with Gasteiger partial charge in [-0.25, -0.2) is 4.98 Å². The molecule has 0 fully saturated rings. The Balaban J connectivity index is 2.03. The highest BCUT2D eigenvalue weighted by atomic mass is 32.2. The van der Waals surface area contributed by atoms with Crippen LogP contribution in [-0.4, -0.2) is 26.7 Å². The number of ketones is 1. The number of nitrogens with zero attached hydrogens (tertiary/aromatic N) is 3. The van der Waals surface area contributed by atoms with E-state index in [0.717, 1.165) is 22.5 Å². The highest BCUT2D eigenvalue weighted by Crippen LogP contribution is 2.31. The van der Waals surface area contributed by atoms with Crippen LogP contribution in [-0.2, 0) is 4.79 Å². The van der Waals surface area contributed by atoms with Gasteiger partial charge in [-0.15, -0.1) is 10.2 Å². The third-order valence-electron chi connectivity index (χ3n) is 2.66. The fourth-order valence-corrected chi connectivity index (χ4v) is 3.60. The summed E-state index contributed by atoms with van der Waals surface area (Å²) in [4.78, 5) is 15.7. The standard InChI is InChI=1S/C14H11N3OS3/c1-9(18)6-21-14-15-12(10-2-4-19-7-10)13(16-17-14)11-3-5-20-8-11/h2-5,7-8H,6H2,1H3. The quantitative estimate of drug-likeness (QED) is 0.660. The van der Waals surface area contributed by atoms with E-state index in [4.69, 9.17) is 0 Å². The van der Waals surface area contributed by atoms with Gasteiger partial charge >= 0.3 is 0 Å². The lowest BCUT2D eigenvalue weighted by Gasteiger charge is -2.06. The van der Waals surface area contributed by atoms with E-state index in [1.54, 1.807) is 29.6 Å². The number of carbonyl (C=O) groups excluding carboxylic acids is 1. The highest BCUT2D eigenvalue weighted by Gasteiger charge is 2.14. The monoisotopic (exact) mass is 333 g/mol. The maximum absolute atomic E-state index is 11.1. The van der Waals surface area contributed by atoms with Crippen molar-refractivity contribution in [1.82, 2.24) is 15.2 Å². The van der Waals surface area contributed by atoms with Crippen LogP contribution in [0.3, 0.4) is 0 Å². The fourth-order valence-electron chi connectivity index (χ4n) is 1.73. The topological polar surface area (TPSA) is 55.7 Å². The Hall–Kier alpha value is -1.57. The van der Waals surface area contributed by atoms with E-state index in [1.807, 2.05) is 33.7 Å². The van der Waals surface area contributed by atoms with Crippen LogP contribution in [0.5, 0.6) is 0 Å². The Morgan fingerprint density at radius 3 is 2.33 bits per heavy atom. The van der Waals surface area contributed by atoms with Gasteiger partial charge in [-0.2, -0.15) is 22.7 Å². The largest absolute Gasteiger partial charge is 0.299 e. The molecule has 0 saturated heterocycles. The van der Waals surface area contributed by atoms with Crippen LogP contribution in [0.15, 0.2) is 38.8 Å². The minimum absolute atomic E-state index is 0.0996. The molecule has 0 aliphatic rings. The van der Waals surface area contributed by atoms with Crippen molar-refractivity contribution < 1.29 is 4.79 Å². The van der Waals surface area contributed by atoms with Crippen molar-refractivity contribution in [3.05, 3.63) is 33.7 Å². The molecule has 0 amide bonds. The second-order valence-electron chi connectivity index (χ2n) is 4.31. The Morgan fingerprint density at radius 1 is 1.10 bits per heavy atom. The van der Waals surface area contributed by atoms with Crippen LogP contribution in [0, 0.1) is 0 Å². The molecule has 0 radical (unpaired) electrons. The molecule has 0 saturated carbocycles. The SMILES string of the molecule is CC(=O)CSc1nnc(-c2ccsc2)c(-c2ccsc2)n1. The molecule has 0 aliphatic carbocycles. The van der Waals surface area contributed by atoms with Gasteiger partial charge in [-0.05, 0) is 29.8 Å². The van der Waals surface area contributed by atoms with Crippen molar-refractivity contribution in [3.8, 4) is 22.5 Å². The molecule has 106 valence electrons. The van der Waals surface area contributed by atoms with Crippen LogP contribution in [0.2, 0.25) is 0 Å². The summed E-state index contributed by atoms with van der Waals surface area (Å²) in [7, 11) is 0. The van der Waals surface area contributed by atoms with E-state index in [1.165, 1.54) is 11.8 Å². The lowest BCUT2D eigenvalue weighted by Crippen LogP contribution is -2.00. The van der Waals surface area contributed by atoms with Crippen molar-refractivity contribution in [2.45, 2.75) is 12.1 Å². The fraction of sp³-hybridized carbons (Fsp3) is 0.143. The molecule has 0 atom stereocenters. The molecule has 0 unspecified atom stereocenters. The van der Waals surface area contributed by atoms with Gasteiger partial charge in [-0.1, -0.05) is 11.8 Å². The second kappa shape index (κ2) is 6.46. The number of rotatable bonds is 5. The lowest BCUT2D eigenvalue weighted by atomic mass is 10.1. The number of thioether (sulfide) groups is 1. The molecule has 3 heterocycles. The first-order valence-corrected chi connectivity index (χ1v) is 9.03. The molecule has 0 aliphatic heterocycles. The number of hydrogen-bond acceptors (Lipinski definition) is 7. The number of aromatic nitrogens is 3. The van der Waals surface area contributed by atoms with Crippen molar-refractivity contribution >= 4 is 40.2 Å². The summed E-state index contributed by atoms with van der Waals surface area (Å²) in [6, 6.07) is 4.03. The number of thiophene rings is 2. The predicted molar refractivity (Wildman–Crippen MR) is 87.9 cm³/mol. The average molecular weight is 333 g/mol. The number of hydrogen-bond donors (Lipinski definition) is 0. The maximum atomic E-state index is 11.1. The molecular formula is C14H11N3OS3. The summed E-state index contributed by atoms with van der Waals surface area (Å²) in [6.07, 6.45) is 0. The van der Waals surface area contributed by atoms with Gasteiger partial charge in [0.15, 0.2) is 0 Å². The summed E-state index contributed by atoms with van der Waals surface area (Å²) in [5, 5.41) is 17.1. The summed E-state index contributed by atoms with van der Waals surface area (Å²) in [5.41, 5.74) is 3.64. The zero-order chi connectivity index (χ0) is 14.7. The number of Topliss-reactive ketones (excluding diaryl/α,β-unsaturated/α-hetero) is 1. The van der Waals surface area contributed by atoms with E-state index in [0.29, 0.717) is 10.9 Å². The molecule has 3 rings (SSSR count). The number of carbonyl (C=O) groups is 1. The third-order valence-corrected chi connectivity index (χ3v) is 5.01. The Morgan fingerprint density at radius 2 is 1.76 bits per heavy atom. The summed E-state index contributed by atoms with van der Waals surface area (Å²) in [6.45, 7) is 1.56. The molecule has 0 N–H and O–H groups in total. The van der Waals surface area contributed by atoms with Crippen LogP contribution < -0.4 is 0 Å². The normalized spacial score (nSPS) is 10.7. The Bertz CT molecular complexity index is 739. The molecule has 0 aromatic carbocycles. The van der Waals surface area contributed by atoms with Crippen LogP contribution in [0.25, 0.3) is 22.5 Å². The zero-order valence-electron chi connectivity index (χ0n) is 11.1. The molecule has 0 bridgehead atoms. The van der Waals surface area contributed by atoms with Gasteiger partial charge in [0.05, 0.1) is 5.75 Å². The first kappa shape index (κ1) is 14.4. The third kappa shape index (κ3) is 3.37. The first-order chi connectivity index (χ1) is 10.2.